The molecular weight excluding hydrogens is 296 g/mol. The lowest BCUT2D eigenvalue weighted by atomic mass is 10.1. The predicted octanol–water partition coefficient (Wildman–Crippen LogP) is 1.71. The molecule has 0 fully saturated rings. The minimum absolute atomic E-state index is 0.155. The molecule has 0 radical (unpaired) electrons. The molecule has 0 saturated heterocycles. The van der Waals surface area contributed by atoms with Gasteiger partial charge in [0.25, 0.3) is 5.91 Å². The Morgan fingerprint density at radius 2 is 1.61 bits per heavy atom. The first-order chi connectivity index (χ1) is 11.1. The number of benzene rings is 2. The molecular formula is C17H18N2O4. The van der Waals surface area contributed by atoms with Crippen LogP contribution >= 0.6 is 0 Å². The maximum Gasteiger partial charge on any atom is 0.269 e. The number of hydrogen-bond acceptors (Lipinski definition) is 4. The molecule has 2 rings (SSSR count). The molecule has 0 aliphatic rings. The molecule has 0 bridgehead atoms. The zero-order valence-corrected chi connectivity index (χ0v) is 13.0. The lowest BCUT2D eigenvalue weighted by molar-refractivity contribution is -0.121. The van der Waals surface area contributed by atoms with Gasteiger partial charge >= 0.3 is 0 Å². The van der Waals surface area contributed by atoms with Gasteiger partial charge in [-0.3, -0.25) is 20.4 Å². The van der Waals surface area contributed by atoms with Crippen LogP contribution in [0.1, 0.15) is 15.9 Å². The van der Waals surface area contributed by atoms with Gasteiger partial charge in [-0.1, -0.05) is 18.2 Å². The average molecular weight is 314 g/mol. The summed E-state index contributed by atoms with van der Waals surface area (Å²) in [4.78, 5) is 23.8. The summed E-state index contributed by atoms with van der Waals surface area (Å²) in [6, 6.07) is 13.8. The van der Waals surface area contributed by atoms with Gasteiger partial charge in [-0.2, -0.15) is 0 Å². The fourth-order valence-corrected chi connectivity index (χ4v) is 1.94. The minimum atomic E-state index is -0.410. The molecule has 6 heteroatoms. The fraction of sp³-hybridized carbons (Fsp3) is 0.176. The second-order valence-electron chi connectivity index (χ2n) is 4.76. The third-order valence-corrected chi connectivity index (χ3v) is 3.17. The van der Waals surface area contributed by atoms with Crippen molar-refractivity contribution in [3.8, 4) is 11.5 Å². The zero-order chi connectivity index (χ0) is 16.7. The second-order valence-corrected chi connectivity index (χ2v) is 4.76. The number of hydrogen-bond donors (Lipinski definition) is 2. The highest BCUT2D eigenvalue weighted by atomic mass is 16.5. The fourth-order valence-electron chi connectivity index (χ4n) is 1.94. The summed E-state index contributed by atoms with van der Waals surface area (Å²) in [5, 5.41) is 0. The SMILES string of the molecule is COc1ccc(CC(=O)NNC(=O)c2cccc(OC)c2)cc1. The summed E-state index contributed by atoms with van der Waals surface area (Å²) in [7, 11) is 3.10. The van der Waals surface area contributed by atoms with E-state index in [1.54, 1.807) is 55.6 Å². The first-order valence-electron chi connectivity index (χ1n) is 6.98. The van der Waals surface area contributed by atoms with Crippen molar-refractivity contribution >= 4 is 11.8 Å². The monoisotopic (exact) mass is 314 g/mol. The molecule has 0 saturated carbocycles. The second kappa shape index (κ2) is 7.84. The Morgan fingerprint density at radius 3 is 2.26 bits per heavy atom. The largest absolute Gasteiger partial charge is 0.497 e. The molecule has 2 amide bonds. The van der Waals surface area contributed by atoms with Crippen molar-refractivity contribution in [2.45, 2.75) is 6.42 Å². The quantitative estimate of drug-likeness (QED) is 0.824. The van der Waals surface area contributed by atoms with Crippen molar-refractivity contribution in [2.24, 2.45) is 0 Å². The van der Waals surface area contributed by atoms with Crippen LogP contribution in [-0.2, 0) is 11.2 Å². The maximum absolute atomic E-state index is 12.0. The normalized spacial score (nSPS) is 9.83. The Morgan fingerprint density at radius 1 is 0.913 bits per heavy atom. The van der Waals surface area contributed by atoms with Crippen molar-refractivity contribution in [2.75, 3.05) is 14.2 Å². The number of amides is 2. The number of carbonyl (C=O) groups excluding carboxylic acids is 2. The molecule has 2 aromatic rings. The van der Waals surface area contributed by atoms with Crippen molar-refractivity contribution in [3.05, 3.63) is 59.7 Å². The summed E-state index contributed by atoms with van der Waals surface area (Å²) in [6.07, 6.45) is 0.155. The van der Waals surface area contributed by atoms with Crippen LogP contribution in [0.2, 0.25) is 0 Å². The zero-order valence-electron chi connectivity index (χ0n) is 13.0. The highest BCUT2D eigenvalue weighted by molar-refractivity contribution is 5.95. The Labute approximate surface area is 134 Å². The summed E-state index contributed by atoms with van der Waals surface area (Å²) in [5.74, 6) is 0.570. The van der Waals surface area contributed by atoms with Gasteiger partial charge in [0.1, 0.15) is 11.5 Å². The number of methoxy groups -OCH3 is 2. The molecule has 2 aromatic carbocycles. The summed E-state index contributed by atoms with van der Waals surface area (Å²) >= 11 is 0. The molecule has 0 spiro atoms. The number of ether oxygens (including phenoxy) is 2. The number of carbonyl (C=O) groups is 2. The standard InChI is InChI=1S/C17H18N2O4/c1-22-14-8-6-12(7-9-14)10-16(20)18-19-17(21)13-4-3-5-15(11-13)23-2/h3-9,11H,10H2,1-2H3,(H,18,20)(H,19,21). The van der Waals surface area contributed by atoms with Gasteiger partial charge in [0.2, 0.25) is 5.91 Å². The average Bonchev–Trinajstić information content (AvgIpc) is 2.60. The highest BCUT2D eigenvalue weighted by Gasteiger charge is 2.09. The summed E-state index contributed by atoms with van der Waals surface area (Å²) in [6.45, 7) is 0. The topological polar surface area (TPSA) is 76.7 Å². The third kappa shape index (κ3) is 4.74. The van der Waals surface area contributed by atoms with E-state index in [2.05, 4.69) is 10.9 Å². The van der Waals surface area contributed by atoms with Crippen LogP contribution in [0.4, 0.5) is 0 Å². The van der Waals surface area contributed by atoms with Gasteiger partial charge < -0.3 is 9.47 Å². The van der Waals surface area contributed by atoms with E-state index in [0.717, 1.165) is 11.3 Å². The lowest BCUT2D eigenvalue weighted by Crippen LogP contribution is -2.42. The van der Waals surface area contributed by atoms with Gasteiger partial charge in [-0.15, -0.1) is 0 Å². The predicted molar refractivity (Wildman–Crippen MR) is 85.3 cm³/mol. The van der Waals surface area contributed by atoms with E-state index in [-0.39, 0.29) is 12.3 Å². The Bertz CT molecular complexity index is 683. The van der Waals surface area contributed by atoms with E-state index in [4.69, 9.17) is 9.47 Å². The number of nitrogens with one attached hydrogen (secondary N) is 2. The van der Waals surface area contributed by atoms with E-state index in [0.29, 0.717) is 11.3 Å². The summed E-state index contributed by atoms with van der Waals surface area (Å²) in [5.41, 5.74) is 5.97. The first kappa shape index (κ1) is 16.4. The van der Waals surface area contributed by atoms with Crippen LogP contribution in [0.15, 0.2) is 48.5 Å². The van der Waals surface area contributed by atoms with E-state index in [1.165, 1.54) is 7.11 Å². The highest BCUT2D eigenvalue weighted by Crippen LogP contribution is 2.12. The number of hydrazine groups is 1. The maximum atomic E-state index is 12.0. The lowest BCUT2D eigenvalue weighted by Gasteiger charge is -2.08. The van der Waals surface area contributed by atoms with Gasteiger partial charge in [-0.25, -0.2) is 0 Å². The molecule has 6 nitrogen and oxygen atoms in total. The molecule has 0 aliphatic carbocycles. The molecule has 23 heavy (non-hydrogen) atoms. The molecule has 0 heterocycles. The Balaban J connectivity index is 1.86. The minimum Gasteiger partial charge on any atom is -0.497 e. The van der Waals surface area contributed by atoms with Gasteiger partial charge in [0.05, 0.1) is 20.6 Å². The molecule has 0 aliphatic heterocycles. The Hall–Kier alpha value is -3.02. The molecule has 0 atom stereocenters. The molecule has 2 N–H and O–H groups in total. The molecule has 0 aromatic heterocycles. The van der Waals surface area contributed by atoms with Crippen LogP contribution in [-0.4, -0.2) is 26.0 Å². The van der Waals surface area contributed by atoms with E-state index >= 15 is 0 Å². The summed E-state index contributed by atoms with van der Waals surface area (Å²) < 4.78 is 10.1. The third-order valence-electron chi connectivity index (χ3n) is 3.17. The Kier molecular flexibility index (Phi) is 5.57. The van der Waals surface area contributed by atoms with Gasteiger partial charge in [0.15, 0.2) is 0 Å². The van der Waals surface area contributed by atoms with Crippen LogP contribution in [0.25, 0.3) is 0 Å². The first-order valence-corrected chi connectivity index (χ1v) is 6.98. The smallest absolute Gasteiger partial charge is 0.269 e. The molecule has 0 unspecified atom stereocenters. The van der Waals surface area contributed by atoms with Gasteiger partial charge in [0, 0.05) is 5.56 Å². The van der Waals surface area contributed by atoms with E-state index in [1.807, 2.05) is 0 Å². The van der Waals surface area contributed by atoms with Crippen LogP contribution < -0.4 is 20.3 Å². The van der Waals surface area contributed by atoms with Gasteiger partial charge in [-0.05, 0) is 35.9 Å². The van der Waals surface area contributed by atoms with Crippen LogP contribution in [0, 0.1) is 0 Å². The van der Waals surface area contributed by atoms with Crippen molar-refractivity contribution < 1.29 is 19.1 Å². The van der Waals surface area contributed by atoms with Crippen molar-refractivity contribution in [1.29, 1.82) is 0 Å². The van der Waals surface area contributed by atoms with E-state index in [9.17, 15) is 9.59 Å². The van der Waals surface area contributed by atoms with E-state index < -0.39 is 5.91 Å². The number of rotatable bonds is 5. The molecule has 120 valence electrons. The van der Waals surface area contributed by atoms with Crippen LogP contribution in [0.3, 0.4) is 0 Å². The van der Waals surface area contributed by atoms with Crippen molar-refractivity contribution in [1.82, 2.24) is 10.9 Å². The van der Waals surface area contributed by atoms with Crippen molar-refractivity contribution in [3.63, 3.8) is 0 Å². The van der Waals surface area contributed by atoms with Crippen LogP contribution in [0.5, 0.6) is 11.5 Å².